The summed E-state index contributed by atoms with van der Waals surface area (Å²) < 4.78 is 0. The number of benzene rings is 2. The van der Waals surface area contributed by atoms with Gasteiger partial charge in [-0.15, -0.1) is 11.8 Å². The molecular weight excluding hydrogens is 310 g/mol. The Morgan fingerprint density at radius 3 is 2.48 bits per heavy atom. The van der Waals surface area contributed by atoms with Gasteiger partial charge >= 0.3 is 5.97 Å². The number of amides is 1. The number of aromatic carboxylic acids is 1. The number of aryl methyl sites for hydroxylation is 1. The normalized spacial score (nSPS) is 13.7. The summed E-state index contributed by atoms with van der Waals surface area (Å²) >= 11 is 1.85. The predicted octanol–water partition coefficient (Wildman–Crippen LogP) is 4.07. The first-order valence-corrected chi connectivity index (χ1v) is 8.52. The van der Waals surface area contributed by atoms with E-state index in [1.165, 1.54) is 29.0 Å². The van der Waals surface area contributed by atoms with E-state index in [0.29, 0.717) is 11.3 Å². The number of carbonyl (C=O) groups excluding carboxylic acids is 1. The molecule has 0 saturated carbocycles. The molecule has 3 rings (SSSR count). The molecule has 0 aromatic heterocycles. The molecule has 1 amide bonds. The molecule has 118 valence electrons. The topological polar surface area (TPSA) is 66.4 Å². The van der Waals surface area contributed by atoms with Crippen molar-refractivity contribution in [3.63, 3.8) is 0 Å². The molecule has 0 saturated heterocycles. The molecule has 2 aromatic rings. The average molecular weight is 327 g/mol. The Hall–Kier alpha value is -2.27. The summed E-state index contributed by atoms with van der Waals surface area (Å²) in [6.45, 7) is 0. The lowest BCUT2D eigenvalue weighted by Crippen LogP contribution is -2.12. The van der Waals surface area contributed by atoms with Crippen molar-refractivity contribution in [1.82, 2.24) is 0 Å². The van der Waals surface area contributed by atoms with E-state index in [9.17, 15) is 9.59 Å². The molecular formula is C18H17NO3S. The number of nitrogens with one attached hydrogen (secondary N) is 1. The second kappa shape index (κ2) is 6.87. The number of hydrogen-bond acceptors (Lipinski definition) is 3. The number of carboxylic acids is 1. The van der Waals surface area contributed by atoms with Gasteiger partial charge in [-0.05, 0) is 73.0 Å². The van der Waals surface area contributed by atoms with Crippen molar-refractivity contribution in [3.8, 4) is 0 Å². The van der Waals surface area contributed by atoms with E-state index in [1.54, 1.807) is 12.1 Å². The van der Waals surface area contributed by atoms with Crippen LogP contribution in [0.5, 0.6) is 0 Å². The fourth-order valence-electron chi connectivity index (χ4n) is 2.56. The first-order chi connectivity index (χ1) is 11.1. The Morgan fingerprint density at radius 1 is 1.00 bits per heavy atom. The van der Waals surface area contributed by atoms with Crippen molar-refractivity contribution in [1.29, 1.82) is 0 Å². The lowest BCUT2D eigenvalue weighted by Gasteiger charge is -2.09. The monoisotopic (exact) mass is 327 g/mol. The standard InChI is InChI=1S/C18H17NO3S/c20-17(19-15-7-4-12(5-8-15)18(21)22)14-6-9-16-13(11-14)3-1-2-10-23-16/h4-9,11H,1-3,10H2,(H,19,20)(H,21,22). The molecule has 0 spiro atoms. The summed E-state index contributed by atoms with van der Waals surface area (Å²) in [7, 11) is 0. The fraction of sp³-hybridized carbons (Fsp3) is 0.222. The Kier molecular flexibility index (Phi) is 4.67. The van der Waals surface area contributed by atoms with Gasteiger partial charge in [0.15, 0.2) is 0 Å². The van der Waals surface area contributed by atoms with E-state index in [2.05, 4.69) is 5.32 Å². The molecule has 1 aliphatic rings. The van der Waals surface area contributed by atoms with Crippen LogP contribution < -0.4 is 5.32 Å². The molecule has 0 aliphatic carbocycles. The zero-order chi connectivity index (χ0) is 16.2. The van der Waals surface area contributed by atoms with Crippen molar-refractivity contribution in [2.45, 2.75) is 24.2 Å². The summed E-state index contributed by atoms with van der Waals surface area (Å²) in [6.07, 6.45) is 3.37. The highest BCUT2D eigenvalue weighted by atomic mass is 32.2. The van der Waals surface area contributed by atoms with Gasteiger partial charge in [0.25, 0.3) is 5.91 Å². The van der Waals surface area contributed by atoms with Crippen LogP contribution in [-0.4, -0.2) is 22.7 Å². The zero-order valence-corrected chi connectivity index (χ0v) is 13.4. The van der Waals surface area contributed by atoms with E-state index in [1.807, 2.05) is 30.0 Å². The quantitative estimate of drug-likeness (QED) is 0.892. The molecule has 4 nitrogen and oxygen atoms in total. The van der Waals surface area contributed by atoms with Crippen LogP contribution in [0.2, 0.25) is 0 Å². The van der Waals surface area contributed by atoms with E-state index >= 15 is 0 Å². The van der Waals surface area contributed by atoms with Crippen LogP contribution in [0.4, 0.5) is 5.69 Å². The number of thioether (sulfide) groups is 1. The molecule has 0 fully saturated rings. The molecule has 0 unspecified atom stereocenters. The second-order valence-corrected chi connectivity index (χ2v) is 6.60. The fourth-order valence-corrected chi connectivity index (χ4v) is 3.63. The maximum absolute atomic E-state index is 12.4. The van der Waals surface area contributed by atoms with Crippen LogP contribution in [0.3, 0.4) is 0 Å². The highest BCUT2D eigenvalue weighted by Crippen LogP contribution is 2.29. The lowest BCUT2D eigenvalue weighted by atomic mass is 10.0. The van der Waals surface area contributed by atoms with Gasteiger partial charge in [0.1, 0.15) is 0 Å². The highest BCUT2D eigenvalue weighted by molar-refractivity contribution is 7.99. The highest BCUT2D eigenvalue weighted by Gasteiger charge is 2.13. The molecule has 0 atom stereocenters. The smallest absolute Gasteiger partial charge is 0.335 e. The van der Waals surface area contributed by atoms with Gasteiger partial charge in [-0.25, -0.2) is 4.79 Å². The minimum absolute atomic E-state index is 0.176. The summed E-state index contributed by atoms with van der Waals surface area (Å²) in [5.74, 6) is -0.0228. The minimum Gasteiger partial charge on any atom is -0.478 e. The van der Waals surface area contributed by atoms with E-state index in [4.69, 9.17) is 5.11 Å². The van der Waals surface area contributed by atoms with E-state index < -0.39 is 5.97 Å². The van der Waals surface area contributed by atoms with Gasteiger partial charge in [-0.1, -0.05) is 0 Å². The second-order valence-electron chi connectivity index (χ2n) is 5.46. The van der Waals surface area contributed by atoms with Crippen molar-refractivity contribution in [3.05, 3.63) is 59.2 Å². The molecule has 1 aliphatic heterocycles. The van der Waals surface area contributed by atoms with Gasteiger partial charge in [-0.3, -0.25) is 4.79 Å². The third kappa shape index (κ3) is 3.74. The Labute approximate surface area is 138 Å². The van der Waals surface area contributed by atoms with Crippen LogP contribution in [0.15, 0.2) is 47.4 Å². The molecule has 0 radical (unpaired) electrons. The Balaban J connectivity index is 1.75. The number of carbonyl (C=O) groups is 2. The maximum atomic E-state index is 12.4. The molecule has 1 heterocycles. The van der Waals surface area contributed by atoms with E-state index in [-0.39, 0.29) is 11.5 Å². The van der Waals surface area contributed by atoms with Crippen molar-refractivity contribution >= 4 is 29.3 Å². The first kappa shape index (κ1) is 15.6. The molecule has 23 heavy (non-hydrogen) atoms. The van der Waals surface area contributed by atoms with Gasteiger partial charge in [0.2, 0.25) is 0 Å². The number of fused-ring (bicyclic) bond motifs is 1. The largest absolute Gasteiger partial charge is 0.478 e. The molecule has 2 N–H and O–H groups in total. The zero-order valence-electron chi connectivity index (χ0n) is 12.5. The van der Waals surface area contributed by atoms with Crippen molar-refractivity contribution in [2.24, 2.45) is 0 Å². The van der Waals surface area contributed by atoms with E-state index in [0.717, 1.165) is 18.6 Å². The van der Waals surface area contributed by atoms with Crippen molar-refractivity contribution in [2.75, 3.05) is 11.1 Å². The Bertz CT molecular complexity index is 740. The number of hydrogen-bond donors (Lipinski definition) is 2. The van der Waals surface area contributed by atoms with Crippen LogP contribution in [0, 0.1) is 0 Å². The van der Waals surface area contributed by atoms with Gasteiger partial charge < -0.3 is 10.4 Å². The predicted molar refractivity (Wildman–Crippen MR) is 91.5 cm³/mol. The third-order valence-corrected chi connectivity index (χ3v) is 5.01. The Morgan fingerprint density at radius 2 is 1.74 bits per heavy atom. The van der Waals surface area contributed by atoms with Gasteiger partial charge in [0.05, 0.1) is 5.56 Å². The maximum Gasteiger partial charge on any atom is 0.335 e. The molecule has 2 aromatic carbocycles. The minimum atomic E-state index is -0.980. The van der Waals surface area contributed by atoms with Gasteiger partial charge in [-0.2, -0.15) is 0 Å². The summed E-state index contributed by atoms with van der Waals surface area (Å²) in [6, 6.07) is 12.0. The van der Waals surface area contributed by atoms with Gasteiger partial charge in [0, 0.05) is 16.1 Å². The number of rotatable bonds is 3. The van der Waals surface area contributed by atoms with Crippen LogP contribution in [0.25, 0.3) is 0 Å². The summed E-state index contributed by atoms with van der Waals surface area (Å²) in [5, 5.41) is 11.7. The summed E-state index contributed by atoms with van der Waals surface area (Å²) in [5.41, 5.74) is 2.66. The number of carboxylic acid groups (broad SMARTS) is 1. The lowest BCUT2D eigenvalue weighted by molar-refractivity contribution is 0.0696. The van der Waals surface area contributed by atoms with Crippen LogP contribution in [0.1, 0.15) is 39.1 Å². The SMILES string of the molecule is O=C(O)c1ccc(NC(=O)c2ccc3c(c2)CCCCS3)cc1. The van der Waals surface area contributed by atoms with Crippen LogP contribution >= 0.6 is 11.8 Å². The third-order valence-electron chi connectivity index (χ3n) is 3.81. The first-order valence-electron chi connectivity index (χ1n) is 7.54. The molecule has 0 bridgehead atoms. The number of anilines is 1. The van der Waals surface area contributed by atoms with Crippen molar-refractivity contribution < 1.29 is 14.7 Å². The van der Waals surface area contributed by atoms with Crippen LogP contribution in [-0.2, 0) is 6.42 Å². The summed E-state index contributed by atoms with van der Waals surface area (Å²) in [4.78, 5) is 24.5. The average Bonchev–Trinajstić information content (AvgIpc) is 2.79. The molecule has 5 heteroatoms.